The molecule has 16 nitrogen and oxygen atoms in total. The molecule has 0 spiro atoms. The van der Waals surface area contributed by atoms with Crippen LogP contribution in [0.15, 0.2) is 0 Å². The quantitative estimate of drug-likeness (QED) is 0.0555. The number of aliphatic carboxylic acids is 1. The minimum atomic E-state index is -1.47. The number of aliphatic hydroxyl groups is 2. The largest absolute Gasteiger partial charge is 0.480 e. The molecular weight excluding hydrogens is 614 g/mol. The van der Waals surface area contributed by atoms with Crippen LogP contribution in [0, 0.1) is 17.8 Å². The lowest BCUT2D eigenvalue weighted by Crippen LogP contribution is -2.60. The molecule has 5 amide bonds. The zero-order valence-electron chi connectivity index (χ0n) is 28.9. The molecular formula is C31H59N7O9. The van der Waals surface area contributed by atoms with E-state index in [1.54, 1.807) is 0 Å². The summed E-state index contributed by atoms with van der Waals surface area (Å²) in [5.41, 5.74) is 11.1. The average molecular weight is 674 g/mol. The van der Waals surface area contributed by atoms with E-state index in [9.17, 15) is 44.1 Å². The highest BCUT2D eigenvalue weighted by atomic mass is 16.4. The molecule has 0 radical (unpaired) electrons. The van der Waals surface area contributed by atoms with Crippen LogP contribution < -0.4 is 38.1 Å². The number of carbonyl (C=O) groups excluding carboxylic acids is 5. The Kier molecular flexibility index (Phi) is 20.7. The smallest absolute Gasteiger partial charge is 0.326 e. The predicted octanol–water partition coefficient (Wildman–Crippen LogP) is -1.54. The van der Waals surface area contributed by atoms with E-state index in [1.165, 1.54) is 6.92 Å². The van der Waals surface area contributed by atoms with Crippen molar-refractivity contribution >= 4 is 35.5 Å². The van der Waals surface area contributed by atoms with Crippen molar-refractivity contribution in [2.45, 2.75) is 129 Å². The number of hydrogen-bond donors (Lipinski definition) is 10. The van der Waals surface area contributed by atoms with Gasteiger partial charge in [-0.15, -0.1) is 0 Å². The van der Waals surface area contributed by atoms with E-state index in [-0.39, 0.29) is 43.4 Å². The van der Waals surface area contributed by atoms with Crippen molar-refractivity contribution in [3.05, 3.63) is 0 Å². The Morgan fingerprint density at radius 1 is 0.574 bits per heavy atom. The van der Waals surface area contributed by atoms with Gasteiger partial charge in [0.15, 0.2) is 0 Å². The first-order valence-corrected chi connectivity index (χ1v) is 16.3. The van der Waals surface area contributed by atoms with Crippen molar-refractivity contribution < 1.29 is 44.1 Å². The number of carbonyl (C=O) groups is 6. The highest BCUT2D eigenvalue weighted by Gasteiger charge is 2.33. The SMILES string of the molecule is CC(C)C[C@H](NC(=O)[C@H](CC(C)C)NC(=O)[C@H](CC(C)C)NC(=O)[C@H](CO)NC(=O)[C@@H](N)[C@@H](C)O)C(=O)N[C@@H](CCCCN)C(=O)O. The number of unbranched alkanes of at least 4 members (excludes halogenated alkanes) is 1. The van der Waals surface area contributed by atoms with E-state index in [1.807, 2.05) is 41.5 Å². The second kappa shape index (κ2) is 22.3. The Morgan fingerprint density at radius 3 is 1.21 bits per heavy atom. The number of carboxylic acids is 1. The summed E-state index contributed by atoms with van der Waals surface area (Å²) in [6.07, 6.45) is 0.565. The summed E-state index contributed by atoms with van der Waals surface area (Å²) in [6, 6.07) is -7.35. The van der Waals surface area contributed by atoms with Crippen molar-refractivity contribution in [1.29, 1.82) is 0 Å². The summed E-state index contributed by atoms with van der Waals surface area (Å²) in [7, 11) is 0. The summed E-state index contributed by atoms with van der Waals surface area (Å²) < 4.78 is 0. The molecule has 7 atom stereocenters. The van der Waals surface area contributed by atoms with Crippen molar-refractivity contribution in [1.82, 2.24) is 26.6 Å². The number of aliphatic hydroxyl groups excluding tert-OH is 2. The van der Waals surface area contributed by atoms with Crippen LogP contribution in [-0.2, 0) is 28.8 Å². The standard InChI is InChI=1S/C31H59N7O9/c1-16(2)12-21(26(41)34-20(31(46)47)10-8-9-11-32)35-27(42)22(13-17(3)4)36-28(43)23(14-18(5)6)37-29(44)24(15-39)38-30(45)25(33)19(7)40/h16-25,39-40H,8-15,32-33H2,1-7H3,(H,34,41)(H,35,42)(H,36,43)(H,37,44)(H,38,45)(H,46,47)/t19-,20+,21+,22+,23+,24+,25+/m1/s1. The van der Waals surface area contributed by atoms with Crippen molar-refractivity contribution in [3.8, 4) is 0 Å². The van der Waals surface area contributed by atoms with Gasteiger partial charge in [0.1, 0.15) is 36.3 Å². The fourth-order valence-corrected chi connectivity index (χ4v) is 4.63. The number of hydrogen-bond acceptors (Lipinski definition) is 10. The van der Waals surface area contributed by atoms with E-state index in [2.05, 4.69) is 26.6 Å². The van der Waals surface area contributed by atoms with E-state index in [0.29, 0.717) is 19.4 Å². The second-order valence-electron chi connectivity index (χ2n) is 13.3. The molecule has 47 heavy (non-hydrogen) atoms. The Morgan fingerprint density at radius 2 is 0.915 bits per heavy atom. The number of rotatable bonds is 23. The molecule has 0 aliphatic rings. The van der Waals surface area contributed by atoms with Gasteiger partial charge >= 0.3 is 5.97 Å². The molecule has 0 aliphatic carbocycles. The fraction of sp³-hybridized carbons (Fsp3) is 0.806. The van der Waals surface area contributed by atoms with Crippen LogP contribution in [-0.4, -0.2) is 106 Å². The summed E-state index contributed by atoms with van der Waals surface area (Å²) in [5.74, 6) is -5.22. The minimum absolute atomic E-state index is 0.0505. The molecule has 272 valence electrons. The molecule has 0 aromatic rings. The topological polar surface area (TPSA) is 275 Å². The Labute approximate surface area is 277 Å². The molecule has 0 bridgehead atoms. The third kappa shape index (κ3) is 17.4. The number of amides is 5. The van der Waals surface area contributed by atoms with E-state index < -0.39 is 84.5 Å². The molecule has 0 rings (SSSR count). The van der Waals surface area contributed by atoms with Crippen LogP contribution in [0.25, 0.3) is 0 Å². The number of carboxylic acid groups (broad SMARTS) is 1. The first kappa shape index (κ1) is 43.7. The molecule has 0 unspecified atom stereocenters. The van der Waals surface area contributed by atoms with E-state index >= 15 is 0 Å². The average Bonchev–Trinajstić information content (AvgIpc) is 2.96. The molecule has 16 heteroatoms. The van der Waals surface area contributed by atoms with Crippen LogP contribution in [0.1, 0.15) is 87.0 Å². The fourth-order valence-electron chi connectivity index (χ4n) is 4.63. The van der Waals surface area contributed by atoms with Crippen LogP contribution in [0.2, 0.25) is 0 Å². The first-order valence-electron chi connectivity index (χ1n) is 16.3. The van der Waals surface area contributed by atoms with Crippen LogP contribution in [0.4, 0.5) is 0 Å². The van der Waals surface area contributed by atoms with Crippen LogP contribution >= 0.6 is 0 Å². The van der Waals surface area contributed by atoms with Gasteiger partial charge in [0.05, 0.1) is 12.7 Å². The lowest BCUT2D eigenvalue weighted by molar-refractivity contribution is -0.142. The lowest BCUT2D eigenvalue weighted by atomic mass is 9.98. The summed E-state index contributed by atoms with van der Waals surface area (Å²) in [5, 5.41) is 41.6. The maximum atomic E-state index is 13.6. The van der Waals surface area contributed by atoms with Gasteiger partial charge in [-0.3, -0.25) is 24.0 Å². The van der Waals surface area contributed by atoms with Gasteiger partial charge in [0, 0.05) is 0 Å². The van der Waals surface area contributed by atoms with E-state index in [0.717, 1.165) is 0 Å². The maximum absolute atomic E-state index is 13.6. The van der Waals surface area contributed by atoms with Crippen LogP contribution in [0.5, 0.6) is 0 Å². The summed E-state index contributed by atoms with van der Waals surface area (Å²) >= 11 is 0. The van der Waals surface area contributed by atoms with Gasteiger partial charge in [-0.2, -0.15) is 0 Å². The number of nitrogens with one attached hydrogen (secondary N) is 5. The van der Waals surface area contributed by atoms with Gasteiger partial charge in [0.25, 0.3) is 0 Å². The molecule has 12 N–H and O–H groups in total. The predicted molar refractivity (Wildman–Crippen MR) is 175 cm³/mol. The maximum Gasteiger partial charge on any atom is 0.326 e. The third-order valence-electron chi connectivity index (χ3n) is 7.22. The van der Waals surface area contributed by atoms with Crippen molar-refractivity contribution in [2.75, 3.05) is 13.2 Å². The molecule has 0 fully saturated rings. The zero-order chi connectivity index (χ0) is 36.4. The number of nitrogens with two attached hydrogens (primary N) is 2. The summed E-state index contributed by atoms with van der Waals surface area (Å²) in [6.45, 7) is 11.8. The van der Waals surface area contributed by atoms with Gasteiger partial charge in [0.2, 0.25) is 29.5 Å². The van der Waals surface area contributed by atoms with E-state index in [4.69, 9.17) is 11.5 Å². The van der Waals surface area contributed by atoms with Gasteiger partial charge in [-0.05, 0) is 69.7 Å². The van der Waals surface area contributed by atoms with Crippen LogP contribution in [0.3, 0.4) is 0 Å². The minimum Gasteiger partial charge on any atom is -0.480 e. The van der Waals surface area contributed by atoms with Crippen molar-refractivity contribution in [3.63, 3.8) is 0 Å². The third-order valence-corrected chi connectivity index (χ3v) is 7.22. The van der Waals surface area contributed by atoms with Gasteiger partial charge in [-0.25, -0.2) is 4.79 Å². The summed E-state index contributed by atoms with van der Waals surface area (Å²) in [4.78, 5) is 77.3. The zero-order valence-corrected chi connectivity index (χ0v) is 28.9. The van der Waals surface area contributed by atoms with Crippen molar-refractivity contribution in [2.24, 2.45) is 29.2 Å². The highest BCUT2D eigenvalue weighted by Crippen LogP contribution is 2.12. The van der Waals surface area contributed by atoms with Gasteiger partial charge < -0.3 is 53.4 Å². The molecule has 0 aromatic heterocycles. The molecule has 0 heterocycles. The monoisotopic (exact) mass is 673 g/mol. The molecule has 0 saturated heterocycles. The Hall–Kier alpha value is -3.34. The molecule has 0 aromatic carbocycles. The highest BCUT2D eigenvalue weighted by molar-refractivity contribution is 5.96. The normalized spacial score (nSPS) is 16.0. The molecule has 0 saturated carbocycles. The molecule has 0 aliphatic heterocycles. The Bertz CT molecular complexity index is 1020. The lowest BCUT2D eigenvalue weighted by Gasteiger charge is -2.28. The Balaban J connectivity index is 5.97. The first-order chi connectivity index (χ1) is 21.8. The van der Waals surface area contributed by atoms with Gasteiger partial charge in [-0.1, -0.05) is 41.5 Å². The second-order valence-corrected chi connectivity index (χ2v) is 13.3.